The Morgan fingerprint density at radius 2 is 2.00 bits per heavy atom. The summed E-state index contributed by atoms with van der Waals surface area (Å²) in [6.45, 7) is 4.14. The lowest BCUT2D eigenvalue weighted by atomic mass is 10.2. The molecule has 0 bridgehead atoms. The van der Waals surface area contributed by atoms with Gasteiger partial charge in [0.25, 0.3) is 0 Å². The summed E-state index contributed by atoms with van der Waals surface area (Å²) < 4.78 is 5.39. The fraction of sp³-hybridized carbons (Fsp3) is 1.00. The van der Waals surface area contributed by atoms with Gasteiger partial charge < -0.3 is 4.74 Å². The van der Waals surface area contributed by atoms with Gasteiger partial charge in [-0.1, -0.05) is 25.4 Å². The second-order valence-corrected chi connectivity index (χ2v) is 3.36. The lowest BCUT2D eigenvalue weighted by Gasteiger charge is -2.12. The molecule has 0 spiro atoms. The van der Waals surface area contributed by atoms with E-state index in [2.05, 4.69) is 13.8 Å². The van der Waals surface area contributed by atoms with E-state index in [-0.39, 0.29) is 5.56 Å². The molecule has 0 N–H and O–H groups in total. The minimum absolute atomic E-state index is 0.0718. The molecule has 54 valence electrons. The Morgan fingerprint density at radius 3 is 2.33 bits per heavy atom. The van der Waals surface area contributed by atoms with E-state index >= 15 is 0 Å². The summed E-state index contributed by atoms with van der Waals surface area (Å²) in [6.07, 6.45) is 2.89. The van der Waals surface area contributed by atoms with Crippen LogP contribution in [0.25, 0.3) is 0 Å². The Balaban J connectivity index is 2.09. The molecule has 1 fully saturated rings. The van der Waals surface area contributed by atoms with Crippen LogP contribution in [0.15, 0.2) is 0 Å². The van der Waals surface area contributed by atoms with Crippen LogP contribution in [0.3, 0.4) is 0 Å². The molecule has 1 saturated carbocycles. The third kappa shape index (κ3) is 2.55. The predicted octanol–water partition coefficient (Wildman–Crippen LogP) is 2.39. The minimum atomic E-state index is -0.0718. The zero-order chi connectivity index (χ0) is 6.85. The van der Waals surface area contributed by atoms with Gasteiger partial charge in [0.2, 0.25) is 0 Å². The van der Waals surface area contributed by atoms with Gasteiger partial charge in [-0.2, -0.15) is 0 Å². The standard InChI is InChI=1S/C7H13ClO/c1-5(2)7(8)9-6-3-4-6/h5-7H,3-4H2,1-2H3. The molecule has 0 aromatic carbocycles. The number of hydrogen-bond acceptors (Lipinski definition) is 1. The van der Waals surface area contributed by atoms with Gasteiger partial charge in [0.1, 0.15) is 5.56 Å². The average molecular weight is 149 g/mol. The van der Waals surface area contributed by atoms with Gasteiger partial charge in [0.05, 0.1) is 6.10 Å². The third-order valence-corrected chi connectivity index (χ3v) is 1.98. The Bertz CT molecular complexity index is 88.9. The highest BCUT2D eigenvalue weighted by atomic mass is 35.5. The van der Waals surface area contributed by atoms with Crippen LogP contribution >= 0.6 is 11.6 Å². The molecule has 0 amide bonds. The summed E-state index contributed by atoms with van der Waals surface area (Å²) in [5.41, 5.74) is -0.0718. The van der Waals surface area contributed by atoms with E-state index in [1.165, 1.54) is 12.8 Å². The average Bonchev–Trinajstić information content (AvgIpc) is 2.50. The van der Waals surface area contributed by atoms with E-state index in [1.54, 1.807) is 0 Å². The second-order valence-electron chi connectivity index (χ2n) is 2.93. The minimum Gasteiger partial charge on any atom is -0.359 e. The number of halogens is 1. The summed E-state index contributed by atoms with van der Waals surface area (Å²) >= 11 is 5.83. The van der Waals surface area contributed by atoms with E-state index in [0.29, 0.717) is 12.0 Å². The van der Waals surface area contributed by atoms with Crippen LogP contribution in [0.4, 0.5) is 0 Å². The largest absolute Gasteiger partial charge is 0.359 e. The molecular weight excluding hydrogens is 136 g/mol. The first kappa shape index (κ1) is 7.36. The summed E-state index contributed by atoms with van der Waals surface area (Å²) in [4.78, 5) is 0. The molecule has 0 heterocycles. The number of hydrogen-bond donors (Lipinski definition) is 0. The Hall–Kier alpha value is 0.250. The number of alkyl halides is 1. The van der Waals surface area contributed by atoms with Crippen molar-refractivity contribution in [2.24, 2.45) is 5.92 Å². The molecule has 9 heavy (non-hydrogen) atoms. The monoisotopic (exact) mass is 148 g/mol. The summed E-state index contributed by atoms with van der Waals surface area (Å²) in [5, 5.41) is 0. The van der Waals surface area contributed by atoms with Crippen molar-refractivity contribution in [1.82, 2.24) is 0 Å². The van der Waals surface area contributed by atoms with Crippen molar-refractivity contribution in [3.63, 3.8) is 0 Å². The van der Waals surface area contributed by atoms with Crippen molar-refractivity contribution in [3.8, 4) is 0 Å². The van der Waals surface area contributed by atoms with E-state index in [1.807, 2.05) is 0 Å². The quantitative estimate of drug-likeness (QED) is 0.559. The van der Waals surface area contributed by atoms with Crippen LogP contribution in [0.5, 0.6) is 0 Å². The van der Waals surface area contributed by atoms with Crippen LogP contribution in [0, 0.1) is 5.92 Å². The number of rotatable bonds is 3. The molecule has 1 nitrogen and oxygen atoms in total. The summed E-state index contributed by atoms with van der Waals surface area (Å²) in [5.74, 6) is 0.437. The first-order valence-electron chi connectivity index (χ1n) is 3.49. The number of ether oxygens (including phenoxy) is 1. The normalized spacial score (nSPS) is 22.7. The van der Waals surface area contributed by atoms with Crippen molar-refractivity contribution in [3.05, 3.63) is 0 Å². The van der Waals surface area contributed by atoms with Crippen molar-refractivity contribution in [2.45, 2.75) is 38.4 Å². The zero-order valence-corrected chi connectivity index (χ0v) is 6.69. The molecule has 1 aliphatic rings. The maximum atomic E-state index is 5.83. The van der Waals surface area contributed by atoms with Crippen LogP contribution in [0.2, 0.25) is 0 Å². The fourth-order valence-electron chi connectivity index (χ4n) is 0.545. The maximum Gasteiger partial charge on any atom is 0.133 e. The van der Waals surface area contributed by atoms with Crippen molar-refractivity contribution in [2.75, 3.05) is 0 Å². The van der Waals surface area contributed by atoms with Crippen LogP contribution < -0.4 is 0 Å². The van der Waals surface area contributed by atoms with E-state index in [0.717, 1.165) is 0 Å². The predicted molar refractivity (Wildman–Crippen MR) is 38.6 cm³/mol. The molecule has 2 heteroatoms. The first-order chi connectivity index (χ1) is 4.20. The maximum absolute atomic E-state index is 5.83. The zero-order valence-electron chi connectivity index (χ0n) is 5.93. The smallest absolute Gasteiger partial charge is 0.133 e. The molecule has 1 unspecified atom stereocenters. The van der Waals surface area contributed by atoms with Gasteiger partial charge in [-0.25, -0.2) is 0 Å². The summed E-state index contributed by atoms with van der Waals surface area (Å²) in [6, 6.07) is 0. The van der Waals surface area contributed by atoms with Crippen molar-refractivity contribution >= 4 is 11.6 Å². The van der Waals surface area contributed by atoms with E-state index in [9.17, 15) is 0 Å². The van der Waals surface area contributed by atoms with Crippen molar-refractivity contribution in [1.29, 1.82) is 0 Å². The fourth-order valence-corrected chi connectivity index (χ4v) is 0.691. The van der Waals surface area contributed by atoms with E-state index in [4.69, 9.17) is 16.3 Å². The first-order valence-corrected chi connectivity index (χ1v) is 3.93. The van der Waals surface area contributed by atoms with Crippen LogP contribution in [-0.2, 0) is 4.74 Å². The van der Waals surface area contributed by atoms with Gasteiger partial charge in [-0.05, 0) is 18.8 Å². The Morgan fingerprint density at radius 1 is 1.44 bits per heavy atom. The van der Waals surface area contributed by atoms with Crippen molar-refractivity contribution < 1.29 is 4.74 Å². The van der Waals surface area contributed by atoms with Crippen LogP contribution in [-0.4, -0.2) is 11.7 Å². The SMILES string of the molecule is CC(C)C(Cl)OC1CC1. The highest BCUT2D eigenvalue weighted by Crippen LogP contribution is 2.28. The molecule has 0 aromatic heterocycles. The third-order valence-electron chi connectivity index (χ3n) is 1.37. The van der Waals surface area contributed by atoms with Gasteiger partial charge in [-0.3, -0.25) is 0 Å². The molecule has 0 radical (unpaired) electrons. The molecule has 1 aliphatic carbocycles. The van der Waals surface area contributed by atoms with E-state index < -0.39 is 0 Å². The highest BCUT2D eigenvalue weighted by Gasteiger charge is 2.26. The lowest BCUT2D eigenvalue weighted by Crippen LogP contribution is -2.13. The topological polar surface area (TPSA) is 9.23 Å². The molecule has 0 aliphatic heterocycles. The molecule has 1 rings (SSSR count). The molecule has 1 atom stereocenters. The second kappa shape index (κ2) is 2.89. The van der Waals surface area contributed by atoms with Gasteiger partial charge >= 0.3 is 0 Å². The lowest BCUT2D eigenvalue weighted by molar-refractivity contribution is 0.0651. The Labute approximate surface area is 61.3 Å². The van der Waals surface area contributed by atoms with Gasteiger partial charge in [0, 0.05) is 0 Å². The molecule has 0 saturated heterocycles. The Kier molecular flexibility index (Phi) is 2.36. The molecule has 0 aromatic rings. The molecular formula is C7H13ClO. The van der Waals surface area contributed by atoms with Gasteiger partial charge in [-0.15, -0.1) is 0 Å². The highest BCUT2D eigenvalue weighted by molar-refractivity contribution is 6.19. The summed E-state index contributed by atoms with van der Waals surface area (Å²) in [7, 11) is 0. The van der Waals surface area contributed by atoms with Gasteiger partial charge in [0.15, 0.2) is 0 Å². The van der Waals surface area contributed by atoms with Crippen LogP contribution in [0.1, 0.15) is 26.7 Å².